The quantitative estimate of drug-likeness (QED) is 0.483. The van der Waals surface area contributed by atoms with Gasteiger partial charge < -0.3 is 9.47 Å². The van der Waals surface area contributed by atoms with Crippen LogP contribution in [0.5, 0.6) is 11.5 Å². The van der Waals surface area contributed by atoms with Gasteiger partial charge in [-0.1, -0.05) is 42.0 Å². The molecular formula is C24H20FNO4S. The molecule has 0 atom stereocenters. The van der Waals surface area contributed by atoms with Crippen molar-refractivity contribution in [3.63, 3.8) is 0 Å². The standard InChI is InChI=1S/C24H20FNO4S/c1-17-6-12-21(13-7-17)31(27,28)22(15-26)14-19-4-3-5-23(29-2)24(19)30-16-18-8-10-20(25)11-9-18/h3-14H,16H2,1-2H3. The van der Waals surface area contributed by atoms with Crippen molar-refractivity contribution in [3.8, 4) is 17.6 Å². The predicted octanol–water partition coefficient (Wildman–Crippen LogP) is 5.06. The van der Waals surface area contributed by atoms with E-state index in [1.807, 2.05) is 6.92 Å². The molecule has 0 fully saturated rings. The lowest BCUT2D eigenvalue weighted by atomic mass is 10.1. The fourth-order valence-corrected chi connectivity index (χ4v) is 4.00. The molecule has 158 valence electrons. The maximum absolute atomic E-state index is 13.1. The van der Waals surface area contributed by atoms with Crippen LogP contribution in [0.2, 0.25) is 0 Å². The largest absolute Gasteiger partial charge is 0.493 e. The Morgan fingerprint density at radius 3 is 2.35 bits per heavy atom. The van der Waals surface area contributed by atoms with Crippen molar-refractivity contribution in [3.05, 3.63) is 94.1 Å². The van der Waals surface area contributed by atoms with Crippen LogP contribution >= 0.6 is 0 Å². The highest BCUT2D eigenvalue weighted by molar-refractivity contribution is 7.95. The molecule has 0 aliphatic rings. The van der Waals surface area contributed by atoms with Crippen molar-refractivity contribution >= 4 is 15.9 Å². The van der Waals surface area contributed by atoms with Gasteiger partial charge in [0.05, 0.1) is 12.0 Å². The van der Waals surface area contributed by atoms with Crippen LogP contribution in [0.15, 0.2) is 76.5 Å². The van der Waals surface area contributed by atoms with E-state index in [9.17, 15) is 18.1 Å². The minimum absolute atomic E-state index is 0.0302. The molecular weight excluding hydrogens is 417 g/mol. The number of hydrogen-bond donors (Lipinski definition) is 0. The number of allylic oxidation sites excluding steroid dienone is 1. The molecule has 7 heteroatoms. The molecule has 0 N–H and O–H groups in total. The summed E-state index contributed by atoms with van der Waals surface area (Å²) in [6.07, 6.45) is 1.26. The molecule has 0 saturated carbocycles. The second-order valence-corrected chi connectivity index (χ2v) is 8.65. The van der Waals surface area contributed by atoms with E-state index >= 15 is 0 Å². The highest BCUT2D eigenvalue weighted by Gasteiger charge is 2.22. The number of para-hydroxylation sites is 1. The SMILES string of the molecule is COc1cccc(C=C(C#N)S(=O)(=O)c2ccc(C)cc2)c1OCc1ccc(F)cc1. The predicted molar refractivity (Wildman–Crippen MR) is 116 cm³/mol. The van der Waals surface area contributed by atoms with Crippen molar-refractivity contribution < 1.29 is 22.3 Å². The summed E-state index contributed by atoms with van der Waals surface area (Å²) in [5.74, 6) is 0.298. The van der Waals surface area contributed by atoms with Gasteiger partial charge in [-0.2, -0.15) is 5.26 Å². The Morgan fingerprint density at radius 2 is 1.74 bits per heavy atom. The molecule has 3 aromatic carbocycles. The number of benzene rings is 3. The van der Waals surface area contributed by atoms with Crippen LogP contribution in [0, 0.1) is 24.1 Å². The second-order valence-electron chi connectivity index (χ2n) is 6.73. The second kappa shape index (κ2) is 9.45. The lowest BCUT2D eigenvalue weighted by molar-refractivity contribution is 0.284. The van der Waals surface area contributed by atoms with E-state index in [4.69, 9.17) is 9.47 Å². The van der Waals surface area contributed by atoms with Gasteiger partial charge in [0.25, 0.3) is 0 Å². The number of methoxy groups -OCH3 is 1. The van der Waals surface area contributed by atoms with Crippen LogP contribution in [0.3, 0.4) is 0 Å². The summed E-state index contributed by atoms with van der Waals surface area (Å²) < 4.78 is 50.3. The highest BCUT2D eigenvalue weighted by Crippen LogP contribution is 2.34. The van der Waals surface area contributed by atoms with E-state index in [0.717, 1.165) is 11.1 Å². The van der Waals surface area contributed by atoms with Gasteiger partial charge in [0, 0.05) is 5.56 Å². The van der Waals surface area contributed by atoms with Crippen molar-refractivity contribution in [2.45, 2.75) is 18.4 Å². The zero-order chi connectivity index (χ0) is 22.4. The van der Waals surface area contributed by atoms with Gasteiger partial charge in [0.2, 0.25) is 9.84 Å². The van der Waals surface area contributed by atoms with E-state index in [1.54, 1.807) is 48.5 Å². The molecule has 31 heavy (non-hydrogen) atoms. The Balaban J connectivity index is 2.00. The lowest BCUT2D eigenvalue weighted by Gasteiger charge is -2.14. The van der Waals surface area contributed by atoms with Gasteiger partial charge in [0.15, 0.2) is 11.5 Å². The molecule has 0 aliphatic heterocycles. The minimum Gasteiger partial charge on any atom is -0.493 e. The maximum Gasteiger partial charge on any atom is 0.216 e. The summed E-state index contributed by atoms with van der Waals surface area (Å²) in [6.45, 7) is 1.95. The minimum atomic E-state index is -4.01. The number of nitriles is 1. The molecule has 0 saturated heterocycles. The molecule has 0 aliphatic carbocycles. The number of halogens is 1. The zero-order valence-corrected chi connectivity index (χ0v) is 17.8. The van der Waals surface area contributed by atoms with E-state index in [-0.39, 0.29) is 23.1 Å². The van der Waals surface area contributed by atoms with Crippen LogP contribution in [0.4, 0.5) is 4.39 Å². The van der Waals surface area contributed by atoms with E-state index in [2.05, 4.69) is 0 Å². The molecule has 0 heterocycles. The van der Waals surface area contributed by atoms with E-state index in [1.165, 1.54) is 37.5 Å². The smallest absolute Gasteiger partial charge is 0.216 e. The van der Waals surface area contributed by atoms with Gasteiger partial charge in [-0.05, 0) is 48.9 Å². The molecule has 0 bridgehead atoms. The van der Waals surface area contributed by atoms with Crippen LogP contribution < -0.4 is 9.47 Å². The fourth-order valence-electron chi connectivity index (χ4n) is 2.85. The van der Waals surface area contributed by atoms with Gasteiger partial charge in [-0.25, -0.2) is 12.8 Å². The van der Waals surface area contributed by atoms with Gasteiger partial charge in [-0.3, -0.25) is 0 Å². The molecule has 0 spiro atoms. The molecule has 0 aromatic heterocycles. The number of sulfone groups is 1. The summed E-state index contributed by atoms with van der Waals surface area (Å²) in [4.78, 5) is -0.390. The highest BCUT2D eigenvalue weighted by atomic mass is 32.2. The maximum atomic E-state index is 13.1. The first-order chi connectivity index (χ1) is 14.8. The third-order valence-corrected chi connectivity index (χ3v) is 6.22. The number of ether oxygens (including phenoxy) is 2. The Hall–Kier alpha value is -3.63. The number of hydrogen-bond acceptors (Lipinski definition) is 5. The summed E-state index contributed by atoms with van der Waals surface area (Å²) in [5, 5.41) is 9.59. The Labute approximate surface area is 180 Å². The third kappa shape index (κ3) is 5.11. The lowest BCUT2D eigenvalue weighted by Crippen LogP contribution is -2.04. The average Bonchev–Trinajstić information content (AvgIpc) is 2.77. The summed E-state index contributed by atoms with van der Waals surface area (Å²) in [5.41, 5.74) is 1.99. The van der Waals surface area contributed by atoms with Crippen molar-refractivity contribution in [1.82, 2.24) is 0 Å². The third-order valence-electron chi connectivity index (χ3n) is 4.54. The fraction of sp³-hybridized carbons (Fsp3) is 0.125. The summed E-state index contributed by atoms with van der Waals surface area (Å²) in [7, 11) is -2.55. The Morgan fingerprint density at radius 1 is 1.06 bits per heavy atom. The van der Waals surface area contributed by atoms with E-state index in [0.29, 0.717) is 11.3 Å². The summed E-state index contributed by atoms with van der Waals surface area (Å²) >= 11 is 0. The number of rotatable bonds is 7. The molecule has 3 aromatic rings. The molecule has 0 radical (unpaired) electrons. The zero-order valence-electron chi connectivity index (χ0n) is 17.0. The first-order valence-corrected chi connectivity index (χ1v) is 10.8. The number of nitrogens with zero attached hydrogens (tertiary/aromatic N) is 1. The first kappa shape index (κ1) is 22.1. The topological polar surface area (TPSA) is 76.4 Å². The molecule has 5 nitrogen and oxygen atoms in total. The van der Waals surface area contributed by atoms with Gasteiger partial charge in [0.1, 0.15) is 23.4 Å². The molecule has 3 rings (SSSR count). The van der Waals surface area contributed by atoms with E-state index < -0.39 is 14.7 Å². The average molecular weight is 437 g/mol. The van der Waals surface area contributed by atoms with Crippen LogP contribution in [-0.4, -0.2) is 15.5 Å². The van der Waals surface area contributed by atoms with Crippen molar-refractivity contribution in [2.24, 2.45) is 0 Å². The molecule has 0 amide bonds. The van der Waals surface area contributed by atoms with Crippen molar-refractivity contribution in [1.29, 1.82) is 5.26 Å². The first-order valence-electron chi connectivity index (χ1n) is 9.33. The van der Waals surface area contributed by atoms with Crippen LogP contribution in [0.1, 0.15) is 16.7 Å². The van der Waals surface area contributed by atoms with Crippen molar-refractivity contribution in [2.75, 3.05) is 7.11 Å². The van der Waals surface area contributed by atoms with Gasteiger partial charge >= 0.3 is 0 Å². The normalized spacial score (nSPS) is 11.6. The van der Waals surface area contributed by atoms with Gasteiger partial charge in [-0.15, -0.1) is 0 Å². The Bertz CT molecular complexity index is 1240. The number of aryl methyl sites for hydroxylation is 1. The Kier molecular flexibility index (Phi) is 6.73. The monoisotopic (exact) mass is 437 g/mol. The van der Waals surface area contributed by atoms with Crippen LogP contribution in [0.25, 0.3) is 6.08 Å². The molecule has 0 unspecified atom stereocenters. The van der Waals surface area contributed by atoms with Crippen LogP contribution in [-0.2, 0) is 16.4 Å². The summed E-state index contributed by atoms with van der Waals surface area (Å²) in [6, 6.07) is 18.8.